The molecule has 0 aliphatic carbocycles. The first-order valence-corrected chi connectivity index (χ1v) is 2.58. The van der Waals surface area contributed by atoms with Gasteiger partial charge in [-0.1, -0.05) is 0 Å². The van der Waals surface area contributed by atoms with Gasteiger partial charge < -0.3 is 0 Å². The molecule has 1 aliphatic heterocycles. The lowest BCUT2D eigenvalue weighted by molar-refractivity contribution is -0.414. The van der Waals surface area contributed by atoms with E-state index in [9.17, 15) is 10.1 Å². The highest BCUT2D eigenvalue weighted by Gasteiger charge is 2.17. The minimum atomic E-state index is -0.411. The summed E-state index contributed by atoms with van der Waals surface area (Å²) >= 11 is 0. The quantitative estimate of drug-likeness (QED) is 0.382. The van der Waals surface area contributed by atoms with Crippen LogP contribution in [0.1, 0.15) is 6.92 Å². The van der Waals surface area contributed by atoms with Crippen molar-refractivity contribution >= 4 is 5.71 Å². The first-order chi connectivity index (χ1) is 4.22. The molecule has 9 heavy (non-hydrogen) atoms. The van der Waals surface area contributed by atoms with Crippen molar-refractivity contribution in [2.24, 2.45) is 4.99 Å². The molecule has 0 bridgehead atoms. The lowest BCUT2D eigenvalue weighted by atomic mass is 10.3. The van der Waals surface area contributed by atoms with Crippen molar-refractivity contribution in [1.29, 1.82) is 0 Å². The average Bonchev–Trinajstić information content (AvgIpc) is 2.13. The molecule has 0 radical (unpaired) electrons. The van der Waals surface area contributed by atoms with Crippen molar-refractivity contribution in [2.45, 2.75) is 6.92 Å². The number of hydrogen-bond donors (Lipinski definition) is 0. The van der Waals surface area contributed by atoms with Crippen LogP contribution in [-0.2, 0) is 0 Å². The molecule has 1 rings (SSSR count). The zero-order valence-electron chi connectivity index (χ0n) is 5.00. The summed E-state index contributed by atoms with van der Waals surface area (Å²) in [6, 6.07) is 0. The van der Waals surface area contributed by atoms with E-state index in [-0.39, 0.29) is 5.70 Å². The van der Waals surface area contributed by atoms with Crippen LogP contribution in [0.25, 0.3) is 0 Å². The highest BCUT2D eigenvalue weighted by molar-refractivity contribution is 5.97. The molecule has 1 heterocycles. The van der Waals surface area contributed by atoms with Crippen LogP contribution in [0.3, 0.4) is 0 Å². The van der Waals surface area contributed by atoms with Crippen LogP contribution in [0.15, 0.2) is 16.8 Å². The first kappa shape index (κ1) is 5.94. The standard InChI is InChI=1S/C5H6N2O2/c1-4-5(7(8)9)2-3-6-4/h2H,3H2,1H3. The van der Waals surface area contributed by atoms with Crippen LogP contribution in [0, 0.1) is 10.1 Å². The Hall–Kier alpha value is -1.19. The van der Waals surface area contributed by atoms with E-state index >= 15 is 0 Å². The number of rotatable bonds is 1. The fraction of sp³-hybridized carbons (Fsp3) is 0.400. The van der Waals surface area contributed by atoms with Gasteiger partial charge in [0.1, 0.15) is 5.71 Å². The second-order valence-electron chi connectivity index (χ2n) is 1.77. The van der Waals surface area contributed by atoms with Gasteiger partial charge in [0.2, 0.25) is 0 Å². The van der Waals surface area contributed by atoms with E-state index in [1.54, 1.807) is 6.92 Å². The van der Waals surface area contributed by atoms with Crippen molar-refractivity contribution in [3.63, 3.8) is 0 Å². The third kappa shape index (κ3) is 0.960. The number of nitrogens with zero attached hydrogens (tertiary/aromatic N) is 2. The lowest BCUT2D eigenvalue weighted by Crippen LogP contribution is -2.03. The average molecular weight is 126 g/mol. The summed E-state index contributed by atoms with van der Waals surface area (Å²) in [6.45, 7) is 2.10. The predicted octanol–water partition coefficient (Wildman–Crippen LogP) is 0.621. The Labute approximate surface area is 52.1 Å². The van der Waals surface area contributed by atoms with Crippen LogP contribution < -0.4 is 0 Å². The van der Waals surface area contributed by atoms with Crippen molar-refractivity contribution in [2.75, 3.05) is 6.54 Å². The molecule has 0 aromatic heterocycles. The summed E-state index contributed by atoms with van der Waals surface area (Å²) in [4.78, 5) is 13.5. The third-order valence-electron chi connectivity index (χ3n) is 1.18. The van der Waals surface area contributed by atoms with E-state index in [1.165, 1.54) is 6.08 Å². The monoisotopic (exact) mass is 126 g/mol. The van der Waals surface area contributed by atoms with Gasteiger partial charge in [0.25, 0.3) is 5.70 Å². The van der Waals surface area contributed by atoms with Crippen molar-refractivity contribution < 1.29 is 4.92 Å². The van der Waals surface area contributed by atoms with Crippen LogP contribution in [-0.4, -0.2) is 17.2 Å². The molecule has 48 valence electrons. The van der Waals surface area contributed by atoms with Gasteiger partial charge in [-0.05, 0) is 6.92 Å². The molecule has 4 heteroatoms. The summed E-state index contributed by atoms with van der Waals surface area (Å²) in [7, 11) is 0. The Kier molecular flexibility index (Phi) is 1.30. The zero-order chi connectivity index (χ0) is 6.85. The number of hydrogen-bond acceptors (Lipinski definition) is 3. The van der Waals surface area contributed by atoms with Gasteiger partial charge in [-0.25, -0.2) is 0 Å². The molecule has 4 nitrogen and oxygen atoms in total. The van der Waals surface area contributed by atoms with Gasteiger partial charge in [0.05, 0.1) is 11.5 Å². The summed E-state index contributed by atoms with van der Waals surface area (Å²) in [5.41, 5.74) is 0.676. The molecule has 0 amide bonds. The maximum absolute atomic E-state index is 10.1. The van der Waals surface area contributed by atoms with Crippen molar-refractivity contribution in [3.8, 4) is 0 Å². The second kappa shape index (κ2) is 1.97. The maximum Gasteiger partial charge on any atom is 0.287 e. The Morgan fingerprint density at radius 3 is 2.78 bits per heavy atom. The fourth-order valence-electron chi connectivity index (χ4n) is 0.704. The van der Waals surface area contributed by atoms with E-state index in [1.807, 2.05) is 0 Å². The molecule has 0 saturated carbocycles. The van der Waals surface area contributed by atoms with Gasteiger partial charge in [-0.15, -0.1) is 0 Å². The summed E-state index contributed by atoms with van der Waals surface area (Å²) in [5.74, 6) is 0. The van der Waals surface area contributed by atoms with Gasteiger partial charge in [0, 0.05) is 6.08 Å². The van der Waals surface area contributed by atoms with E-state index in [4.69, 9.17) is 0 Å². The van der Waals surface area contributed by atoms with Crippen LogP contribution in [0.2, 0.25) is 0 Å². The summed E-state index contributed by atoms with van der Waals surface area (Å²) < 4.78 is 0. The van der Waals surface area contributed by atoms with E-state index in [2.05, 4.69) is 4.99 Å². The highest BCUT2D eigenvalue weighted by Crippen LogP contribution is 2.05. The van der Waals surface area contributed by atoms with E-state index < -0.39 is 4.92 Å². The van der Waals surface area contributed by atoms with Gasteiger partial charge in [-0.2, -0.15) is 0 Å². The second-order valence-corrected chi connectivity index (χ2v) is 1.77. The molecular weight excluding hydrogens is 120 g/mol. The normalized spacial score (nSPS) is 17.0. The molecule has 0 N–H and O–H groups in total. The Morgan fingerprint density at radius 1 is 1.89 bits per heavy atom. The minimum Gasteiger partial charge on any atom is -0.279 e. The SMILES string of the molecule is CC1=NCC=C1[N+](=O)[O-]. The minimum absolute atomic E-state index is 0.148. The van der Waals surface area contributed by atoms with Gasteiger partial charge in [0.15, 0.2) is 0 Å². The van der Waals surface area contributed by atoms with Crippen molar-refractivity contribution in [3.05, 3.63) is 21.9 Å². The van der Waals surface area contributed by atoms with E-state index in [0.29, 0.717) is 12.3 Å². The molecular formula is C5H6N2O2. The molecule has 0 aromatic carbocycles. The summed E-state index contributed by atoms with van der Waals surface area (Å²) in [5, 5.41) is 10.1. The van der Waals surface area contributed by atoms with Gasteiger partial charge >= 0.3 is 0 Å². The molecule has 0 fully saturated rings. The number of aliphatic imine (C=N–C) groups is 1. The fourth-order valence-corrected chi connectivity index (χ4v) is 0.704. The van der Waals surface area contributed by atoms with E-state index in [0.717, 1.165) is 0 Å². The van der Waals surface area contributed by atoms with Crippen LogP contribution in [0.4, 0.5) is 0 Å². The number of nitro groups is 1. The molecule has 1 aliphatic rings. The van der Waals surface area contributed by atoms with Crippen LogP contribution >= 0.6 is 0 Å². The third-order valence-corrected chi connectivity index (χ3v) is 1.18. The molecule has 0 saturated heterocycles. The van der Waals surface area contributed by atoms with Crippen molar-refractivity contribution in [1.82, 2.24) is 0 Å². The highest BCUT2D eigenvalue weighted by atomic mass is 16.6. The molecule has 0 spiro atoms. The summed E-state index contributed by atoms with van der Waals surface area (Å²) in [6.07, 6.45) is 1.51. The largest absolute Gasteiger partial charge is 0.287 e. The maximum atomic E-state index is 10.1. The lowest BCUT2D eigenvalue weighted by Gasteiger charge is -1.87. The van der Waals surface area contributed by atoms with Gasteiger partial charge in [-0.3, -0.25) is 15.1 Å². The topological polar surface area (TPSA) is 55.5 Å². The number of allylic oxidation sites excluding steroid dienone is 1. The van der Waals surface area contributed by atoms with Crippen LogP contribution in [0.5, 0.6) is 0 Å². The smallest absolute Gasteiger partial charge is 0.279 e. The zero-order valence-corrected chi connectivity index (χ0v) is 5.00. The Bertz CT molecular complexity index is 205. The molecule has 0 aromatic rings. The first-order valence-electron chi connectivity index (χ1n) is 2.58. The molecule has 0 unspecified atom stereocenters. The molecule has 0 atom stereocenters. The Balaban J connectivity index is 2.84. The predicted molar refractivity (Wildman–Crippen MR) is 33.1 cm³/mol. The Morgan fingerprint density at radius 2 is 2.56 bits per heavy atom.